The lowest BCUT2D eigenvalue weighted by Crippen LogP contribution is -2.06. The highest BCUT2D eigenvalue weighted by Crippen LogP contribution is 2.31. The van der Waals surface area contributed by atoms with Gasteiger partial charge in [-0.3, -0.25) is 0 Å². The van der Waals surface area contributed by atoms with E-state index in [-0.39, 0.29) is 11.6 Å². The van der Waals surface area contributed by atoms with Gasteiger partial charge in [-0.05, 0) is 43.3 Å². The van der Waals surface area contributed by atoms with Crippen molar-refractivity contribution in [3.63, 3.8) is 0 Å². The summed E-state index contributed by atoms with van der Waals surface area (Å²) in [6.45, 7) is 1.82. The standard InChI is InChI=1S/C22H18ClN3O4/c1-13-16(20(23)26(25-13)15-7-5-4-6-8-15)12-17-22(27)30-21(24-17)14-9-10-18(28-2)19(11-14)29-3/h4-12H,1-3H3. The Kier molecular flexibility index (Phi) is 5.29. The van der Waals surface area contributed by atoms with Crippen LogP contribution >= 0.6 is 11.6 Å². The average Bonchev–Trinajstić information content (AvgIpc) is 3.28. The molecule has 152 valence electrons. The number of halogens is 1. The summed E-state index contributed by atoms with van der Waals surface area (Å²) in [6.07, 6.45) is 1.58. The Hall–Kier alpha value is -3.58. The minimum Gasteiger partial charge on any atom is -0.493 e. The second-order valence-corrected chi connectivity index (χ2v) is 6.80. The lowest BCUT2D eigenvalue weighted by Gasteiger charge is -2.08. The number of ether oxygens (including phenoxy) is 3. The summed E-state index contributed by atoms with van der Waals surface area (Å²) in [5, 5.41) is 4.86. The molecule has 0 unspecified atom stereocenters. The molecule has 3 aromatic rings. The van der Waals surface area contributed by atoms with Gasteiger partial charge in [0.05, 0.1) is 25.6 Å². The Morgan fingerprint density at radius 3 is 2.50 bits per heavy atom. The molecule has 0 spiro atoms. The number of carbonyl (C=O) groups excluding carboxylic acids is 1. The Balaban J connectivity index is 1.71. The minimum atomic E-state index is -0.567. The zero-order valence-corrected chi connectivity index (χ0v) is 17.3. The van der Waals surface area contributed by atoms with Crippen LogP contribution in [0.2, 0.25) is 5.15 Å². The van der Waals surface area contributed by atoms with E-state index < -0.39 is 5.97 Å². The molecular weight excluding hydrogens is 406 g/mol. The molecule has 1 aliphatic heterocycles. The number of cyclic esters (lactones) is 1. The molecule has 0 N–H and O–H groups in total. The second-order valence-electron chi connectivity index (χ2n) is 6.44. The van der Waals surface area contributed by atoms with Crippen LogP contribution in [0.5, 0.6) is 11.5 Å². The van der Waals surface area contributed by atoms with Crippen molar-refractivity contribution in [2.75, 3.05) is 14.2 Å². The molecule has 0 saturated heterocycles. The molecule has 8 heteroatoms. The zero-order valence-electron chi connectivity index (χ0n) is 16.5. The van der Waals surface area contributed by atoms with E-state index in [1.165, 1.54) is 7.11 Å². The van der Waals surface area contributed by atoms with E-state index in [1.54, 1.807) is 36.1 Å². The highest BCUT2D eigenvalue weighted by Gasteiger charge is 2.26. The van der Waals surface area contributed by atoms with Crippen LogP contribution in [0.3, 0.4) is 0 Å². The maximum absolute atomic E-state index is 12.4. The second kappa shape index (κ2) is 8.04. The van der Waals surface area contributed by atoms with E-state index >= 15 is 0 Å². The number of para-hydroxylation sites is 1. The number of carbonyl (C=O) groups is 1. The number of benzene rings is 2. The van der Waals surface area contributed by atoms with Crippen LogP contribution < -0.4 is 9.47 Å². The number of aromatic nitrogens is 2. The third-order valence-corrected chi connectivity index (χ3v) is 4.94. The molecular formula is C22H18ClN3O4. The van der Waals surface area contributed by atoms with Crippen LogP contribution in [0.25, 0.3) is 11.8 Å². The van der Waals surface area contributed by atoms with E-state index in [0.29, 0.717) is 33.5 Å². The summed E-state index contributed by atoms with van der Waals surface area (Å²) in [5.74, 6) is 0.686. The molecule has 2 aromatic carbocycles. The first-order chi connectivity index (χ1) is 14.5. The van der Waals surface area contributed by atoms with Gasteiger partial charge in [-0.15, -0.1) is 0 Å². The van der Waals surface area contributed by atoms with Crippen molar-refractivity contribution in [1.82, 2.24) is 9.78 Å². The molecule has 0 amide bonds. The molecule has 7 nitrogen and oxygen atoms in total. The fourth-order valence-electron chi connectivity index (χ4n) is 3.05. The Morgan fingerprint density at radius 1 is 1.07 bits per heavy atom. The minimum absolute atomic E-state index is 0.136. The van der Waals surface area contributed by atoms with Crippen molar-refractivity contribution in [3.05, 3.63) is 76.2 Å². The van der Waals surface area contributed by atoms with Crippen molar-refractivity contribution in [3.8, 4) is 17.2 Å². The van der Waals surface area contributed by atoms with Gasteiger partial charge in [0.15, 0.2) is 17.2 Å². The highest BCUT2D eigenvalue weighted by molar-refractivity contribution is 6.31. The molecule has 4 rings (SSSR count). The number of hydrogen-bond donors (Lipinski definition) is 0. The van der Waals surface area contributed by atoms with Crippen LogP contribution in [-0.4, -0.2) is 35.9 Å². The lowest BCUT2D eigenvalue weighted by molar-refractivity contribution is -0.129. The summed E-state index contributed by atoms with van der Waals surface area (Å²) in [4.78, 5) is 16.8. The van der Waals surface area contributed by atoms with Gasteiger partial charge >= 0.3 is 5.97 Å². The maximum atomic E-state index is 12.4. The molecule has 0 bridgehead atoms. The smallest absolute Gasteiger partial charge is 0.363 e. The summed E-state index contributed by atoms with van der Waals surface area (Å²) >= 11 is 6.54. The van der Waals surface area contributed by atoms with Gasteiger partial charge in [0, 0.05) is 11.1 Å². The fourth-order valence-corrected chi connectivity index (χ4v) is 3.38. The van der Waals surface area contributed by atoms with Gasteiger partial charge in [-0.1, -0.05) is 29.8 Å². The molecule has 0 atom stereocenters. The van der Waals surface area contributed by atoms with Crippen LogP contribution in [0.15, 0.2) is 59.2 Å². The van der Waals surface area contributed by atoms with Crippen LogP contribution in [0.4, 0.5) is 0 Å². The Labute approximate surface area is 178 Å². The summed E-state index contributed by atoms with van der Waals surface area (Å²) in [7, 11) is 3.08. The quantitative estimate of drug-likeness (QED) is 0.454. The summed E-state index contributed by atoms with van der Waals surface area (Å²) < 4.78 is 17.5. The number of aliphatic imine (C=N–C) groups is 1. The largest absolute Gasteiger partial charge is 0.493 e. The van der Waals surface area contributed by atoms with E-state index in [4.69, 9.17) is 25.8 Å². The number of nitrogens with zero attached hydrogens (tertiary/aromatic N) is 3. The third kappa shape index (κ3) is 3.55. The predicted octanol–water partition coefficient (Wildman–Crippen LogP) is 4.20. The molecule has 0 radical (unpaired) electrons. The Morgan fingerprint density at radius 2 is 1.80 bits per heavy atom. The topological polar surface area (TPSA) is 74.9 Å². The van der Waals surface area contributed by atoms with Crippen molar-refractivity contribution in [1.29, 1.82) is 0 Å². The van der Waals surface area contributed by atoms with E-state index in [9.17, 15) is 4.79 Å². The molecule has 0 aliphatic carbocycles. The average molecular weight is 424 g/mol. The monoisotopic (exact) mass is 423 g/mol. The van der Waals surface area contributed by atoms with Gasteiger partial charge in [0.1, 0.15) is 5.15 Å². The van der Waals surface area contributed by atoms with Crippen LogP contribution in [0, 0.1) is 6.92 Å². The molecule has 0 fully saturated rings. The number of rotatable bonds is 5. The van der Waals surface area contributed by atoms with Crippen LogP contribution in [0.1, 0.15) is 16.8 Å². The number of methoxy groups -OCH3 is 2. The van der Waals surface area contributed by atoms with Crippen molar-refractivity contribution >= 4 is 29.5 Å². The summed E-state index contributed by atoms with van der Waals surface area (Å²) in [5.41, 5.74) is 2.81. The molecule has 30 heavy (non-hydrogen) atoms. The number of esters is 1. The zero-order chi connectivity index (χ0) is 21.3. The first-order valence-corrected chi connectivity index (χ1v) is 9.45. The van der Waals surface area contributed by atoms with Gasteiger partial charge in [0.25, 0.3) is 0 Å². The SMILES string of the molecule is COc1ccc(C2=NC(=Cc3c(C)nn(-c4ccccc4)c3Cl)C(=O)O2)cc1OC. The number of hydrogen-bond acceptors (Lipinski definition) is 6. The first kappa shape index (κ1) is 19.7. The molecule has 1 aliphatic rings. The Bertz CT molecular complexity index is 1180. The van der Waals surface area contributed by atoms with Gasteiger partial charge in [0.2, 0.25) is 5.90 Å². The van der Waals surface area contributed by atoms with E-state index in [0.717, 1.165) is 5.69 Å². The van der Waals surface area contributed by atoms with Crippen molar-refractivity contribution in [2.24, 2.45) is 4.99 Å². The van der Waals surface area contributed by atoms with Gasteiger partial charge < -0.3 is 14.2 Å². The molecule has 1 aromatic heterocycles. The maximum Gasteiger partial charge on any atom is 0.363 e. The summed E-state index contributed by atoms with van der Waals surface area (Å²) in [6, 6.07) is 14.6. The third-order valence-electron chi connectivity index (χ3n) is 4.58. The van der Waals surface area contributed by atoms with Crippen molar-refractivity contribution in [2.45, 2.75) is 6.92 Å². The van der Waals surface area contributed by atoms with Gasteiger partial charge in [-0.2, -0.15) is 5.10 Å². The van der Waals surface area contributed by atoms with Crippen LogP contribution in [-0.2, 0) is 9.53 Å². The highest BCUT2D eigenvalue weighted by atomic mass is 35.5. The lowest BCUT2D eigenvalue weighted by atomic mass is 10.2. The van der Waals surface area contributed by atoms with Crippen molar-refractivity contribution < 1.29 is 19.0 Å². The molecule has 2 heterocycles. The predicted molar refractivity (Wildman–Crippen MR) is 113 cm³/mol. The normalized spacial score (nSPS) is 14.6. The first-order valence-electron chi connectivity index (χ1n) is 9.07. The van der Waals surface area contributed by atoms with Gasteiger partial charge in [-0.25, -0.2) is 14.5 Å². The number of aryl methyl sites for hydroxylation is 1. The molecule has 0 saturated carbocycles. The van der Waals surface area contributed by atoms with E-state index in [1.807, 2.05) is 37.3 Å². The van der Waals surface area contributed by atoms with E-state index in [2.05, 4.69) is 10.1 Å². The fraction of sp³-hybridized carbons (Fsp3) is 0.136.